The summed E-state index contributed by atoms with van der Waals surface area (Å²) in [5.41, 5.74) is 3.34. The molecule has 2 atom stereocenters. The SMILES string of the molecule is CC(C)(C)C(P)(c1ccccc1C(P)(C(C)(C)C)C(C)(C)C)C(C)(C)C.CC(C)(C)P(C(C)(C)C)C(C)(C)C. The van der Waals surface area contributed by atoms with Crippen LogP contribution < -0.4 is 0 Å². The first kappa shape index (κ1) is 39.5. The molecule has 0 heterocycles. The summed E-state index contributed by atoms with van der Waals surface area (Å²) >= 11 is 0. The van der Waals surface area contributed by atoms with Gasteiger partial charge in [-0.05, 0) is 48.3 Å². The Balaban J connectivity index is 0.000000935. The van der Waals surface area contributed by atoms with Crippen molar-refractivity contribution in [3.05, 3.63) is 35.4 Å². The highest BCUT2D eigenvalue weighted by atomic mass is 31.1. The molecular weight excluding hydrogens is 525 g/mol. The van der Waals surface area contributed by atoms with Gasteiger partial charge in [0.15, 0.2) is 0 Å². The van der Waals surface area contributed by atoms with Crippen LogP contribution in [0.25, 0.3) is 0 Å². The van der Waals surface area contributed by atoms with Crippen molar-refractivity contribution in [1.29, 1.82) is 0 Å². The molecule has 1 aromatic rings. The van der Waals surface area contributed by atoms with Crippen LogP contribution in [0.2, 0.25) is 0 Å². The summed E-state index contributed by atoms with van der Waals surface area (Å²) in [7, 11) is 6.59. The quantitative estimate of drug-likeness (QED) is 0.298. The fourth-order valence-electron chi connectivity index (χ4n) is 8.06. The van der Waals surface area contributed by atoms with Crippen LogP contribution in [0.15, 0.2) is 24.3 Å². The highest BCUT2D eigenvalue weighted by Crippen LogP contribution is 2.67. The Morgan fingerprint density at radius 3 is 0.667 bits per heavy atom. The summed E-state index contributed by atoms with van der Waals surface area (Å²) in [6.45, 7) is 50.0. The molecule has 0 saturated carbocycles. The van der Waals surface area contributed by atoms with Crippen LogP contribution >= 0.6 is 26.4 Å². The molecule has 0 aliphatic carbocycles. The van der Waals surface area contributed by atoms with Crippen LogP contribution in [0.4, 0.5) is 0 Å². The molecule has 0 spiro atoms. The van der Waals surface area contributed by atoms with Gasteiger partial charge in [-0.1, -0.05) is 178 Å². The van der Waals surface area contributed by atoms with Crippen molar-refractivity contribution in [2.75, 3.05) is 0 Å². The van der Waals surface area contributed by atoms with Crippen molar-refractivity contribution in [2.45, 2.75) is 171 Å². The van der Waals surface area contributed by atoms with E-state index in [4.69, 9.17) is 0 Å². The average molecular weight is 597 g/mol. The first-order chi connectivity index (χ1) is 16.6. The van der Waals surface area contributed by atoms with Crippen LogP contribution in [0.5, 0.6) is 0 Å². The lowest BCUT2D eigenvalue weighted by Gasteiger charge is -2.57. The summed E-state index contributed by atoms with van der Waals surface area (Å²) in [6, 6.07) is 9.17. The average Bonchev–Trinajstić information content (AvgIpc) is 2.59. The smallest absolute Gasteiger partial charge is 0.0197 e. The van der Waals surface area contributed by atoms with Gasteiger partial charge in [0, 0.05) is 10.3 Å². The fourth-order valence-corrected chi connectivity index (χ4v) is 14.6. The highest BCUT2D eigenvalue weighted by molar-refractivity contribution is 7.62. The zero-order valence-electron chi connectivity index (χ0n) is 30.4. The predicted octanol–water partition coefficient (Wildman–Crippen LogP) is 12.9. The van der Waals surface area contributed by atoms with E-state index in [0.29, 0.717) is 15.5 Å². The molecule has 1 aromatic carbocycles. The molecule has 2 unspecified atom stereocenters. The van der Waals surface area contributed by atoms with Crippen molar-refractivity contribution in [3.63, 3.8) is 0 Å². The second kappa shape index (κ2) is 11.9. The fraction of sp³-hybridized carbons (Fsp3) is 0.833. The van der Waals surface area contributed by atoms with Gasteiger partial charge in [-0.3, -0.25) is 0 Å². The number of hydrogen-bond donors (Lipinski definition) is 0. The first-order valence-electron chi connectivity index (χ1n) is 15.1. The van der Waals surface area contributed by atoms with Crippen LogP contribution in [0, 0.1) is 21.7 Å². The molecule has 1 rings (SSSR count). The van der Waals surface area contributed by atoms with Gasteiger partial charge in [-0.2, -0.15) is 0 Å². The minimum absolute atomic E-state index is 0.0162. The standard InChI is InChI=1S/C24H44P2.C12H27P/c1-19(2,3)23(25,20(4,5)6)17-15-13-14-16-18(17)24(26,21(7,8)9)22(10,11)12;1-10(2,3)13(11(4,5)6)12(7,8)9/h13-16H,25-26H2,1-12H3;1-9H3. The second-order valence-corrected chi connectivity index (χ2v) is 25.4. The Morgan fingerprint density at radius 2 is 0.564 bits per heavy atom. The Morgan fingerprint density at radius 1 is 0.385 bits per heavy atom. The van der Waals surface area contributed by atoms with Gasteiger partial charge in [0.1, 0.15) is 0 Å². The van der Waals surface area contributed by atoms with Gasteiger partial charge in [0.05, 0.1) is 0 Å². The summed E-state index contributed by atoms with van der Waals surface area (Å²) in [6.07, 6.45) is 0. The van der Waals surface area contributed by atoms with E-state index in [2.05, 4.69) is 188 Å². The highest BCUT2D eigenvalue weighted by Gasteiger charge is 2.54. The third-order valence-corrected chi connectivity index (χ3v) is 16.6. The van der Waals surface area contributed by atoms with Crippen LogP contribution in [0.1, 0.15) is 157 Å². The Hall–Kier alpha value is 0.510. The Bertz CT molecular complexity index is 802. The number of benzene rings is 1. The molecule has 0 bridgehead atoms. The summed E-state index contributed by atoms with van der Waals surface area (Å²) in [5.74, 6) is 0. The largest absolute Gasteiger partial charge is 0.125 e. The normalized spacial score (nSPS) is 15.3. The number of rotatable bonds is 2. The molecule has 0 N–H and O–H groups in total. The van der Waals surface area contributed by atoms with Gasteiger partial charge in [0.25, 0.3) is 0 Å². The first-order valence-corrected chi connectivity index (χ1v) is 17.6. The van der Waals surface area contributed by atoms with Crippen molar-refractivity contribution in [1.82, 2.24) is 0 Å². The Labute approximate surface area is 254 Å². The molecule has 0 saturated heterocycles. The molecule has 0 radical (unpaired) electrons. The zero-order valence-corrected chi connectivity index (χ0v) is 33.6. The second-order valence-electron chi connectivity index (χ2n) is 19.0. The minimum Gasteiger partial charge on any atom is -0.125 e. The van der Waals surface area contributed by atoms with E-state index >= 15 is 0 Å². The molecule has 0 nitrogen and oxygen atoms in total. The van der Waals surface area contributed by atoms with E-state index in [0.717, 1.165) is 0 Å². The maximum Gasteiger partial charge on any atom is 0.0197 e. The lowest BCUT2D eigenvalue weighted by Crippen LogP contribution is -2.50. The van der Waals surface area contributed by atoms with E-state index in [1.165, 1.54) is 11.1 Å². The molecule has 0 aliphatic heterocycles. The summed E-state index contributed by atoms with van der Waals surface area (Å²) < 4.78 is 0. The van der Waals surface area contributed by atoms with E-state index in [1.54, 1.807) is 0 Å². The van der Waals surface area contributed by atoms with Crippen molar-refractivity contribution < 1.29 is 0 Å². The molecule has 230 valence electrons. The summed E-state index contributed by atoms with van der Waals surface area (Å²) in [4.78, 5) is 0. The molecule has 0 fully saturated rings. The molecule has 3 heteroatoms. The maximum absolute atomic E-state index is 3.29. The van der Waals surface area contributed by atoms with E-state index < -0.39 is 0 Å². The van der Waals surface area contributed by atoms with Gasteiger partial charge in [-0.25, -0.2) is 0 Å². The van der Waals surface area contributed by atoms with Crippen molar-refractivity contribution in [2.24, 2.45) is 21.7 Å². The van der Waals surface area contributed by atoms with Gasteiger partial charge in [-0.15, -0.1) is 18.5 Å². The van der Waals surface area contributed by atoms with Gasteiger partial charge < -0.3 is 0 Å². The molecular formula is C36H71P3. The predicted molar refractivity (Wildman–Crippen MR) is 193 cm³/mol. The van der Waals surface area contributed by atoms with E-state index in [9.17, 15) is 0 Å². The van der Waals surface area contributed by atoms with E-state index in [-0.39, 0.29) is 39.9 Å². The number of hydrogen-bond acceptors (Lipinski definition) is 0. The monoisotopic (exact) mass is 596 g/mol. The van der Waals surface area contributed by atoms with Crippen molar-refractivity contribution >= 4 is 26.4 Å². The molecule has 39 heavy (non-hydrogen) atoms. The third-order valence-electron chi connectivity index (χ3n) is 8.52. The lowest BCUT2D eigenvalue weighted by molar-refractivity contribution is 0.118. The Kier molecular flexibility index (Phi) is 12.0. The molecule has 0 aliphatic rings. The van der Waals surface area contributed by atoms with Crippen LogP contribution in [0.3, 0.4) is 0 Å². The van der Waals surface area contributed by atoms with Crippen molar-refractivity contribution in [3.8, 4) is 0 Å². The van der Waals surface area contributed by atoms with Crippen LogP contribution in [-0.4, -0.2) is 15.5 Å². The third kappa shape index (κ3) is 8.54. The topological polar surface area (TPSA) is 0 Å². The van der Waals surface area contributed by atoms with Crippen LogP contribution in [-0.2, 0) is 10.3 Å². The van der Waals surface area contributed by atoms with Gasteiger partial charge >= 0.3 is 0 Å². The minimum atomic E-state index is -0.0467. The molecule has 0 aromatic heterocycles. The summed E-state index contributed by atoms with van der Waals surface area (Å²) in [5, 5.41) is 1.26. The maximum atomic E-state index is 3.29. The lowest BCUT2D eigenvalue weighted by atomic mass is 9.56. The zero-order chi connectivity index (χ0) is 32.1. The molecule has 0 amide bonds. The van der Waals surface area contributed by atoms with Gasteiger partial charge in [0.2, 0.25) is 0 Å². The van der Waals surface area contributed by atoms with E-state index in [1.807, 2.05) is 0 Å².